The molecule has 0 aliphatic rings. The van der Waals surface area contributed by atoms with Crippen molar-refractivity contribution in [1.29, 1.82) is 0 Å². The number of pyridine rings is 1. The molecule has 0 bridgehead atoms. The number of benzene rings is 1. The lowest BCUT2D eigenvalue weighted by Gasteiger charge is -2.12. The number of hydrogen-bond acceptors (Lipinski definition) is 4. The molecule has 1 aromatic carbocycles. The van der Waals surface area contributed by atoms with Gasteiger partial charge in [0, 0.05) is 6.20 Å². The fraction of sp³-hybridized carbons (Fsp3) is 0.125. The van der Waals surface area contributed by atoms with Gasteiger partial charge in [0.2, 0.25) is 0 Å². The Hall–Kier alpha value is -3.22. The molecule has 7 nitrogen and oxygen atoms in total. The van der Waals surface area contributed by atoms with Crippen LogP contribution < -0.4 is 11.0 Å². The first-order valence-electron chi connectivity index (χ1n) is 7.08. The molecule has 0 spiro atoms. The topological polar surface area (TPSA) is 104 Å². The van der Waals surface area contributed by atoms with Crippen molar-refractivity contribution >= 4 is 5.91 Å². The third-order valence-electron chi connectivity index (χ3n) is 3.42. The van der Waals surface area contributed by atoms with E-state index in [0.717, 1.165) is 11.1 Å². The molecule has 0 atom stereocenters. The van der Waals surface area contributed by atoms with E-state index in [-0.39, 0.29) is 12.5 Å². The molecule has 2 aromatic heterocycles. The molecule has 3 rings (SSSR count). The number of amides is 1. The van der Waals surface area contributed by atoms with Gasteiger partial charge >= 0.3 is 5.69 Å². The second-order valence-corrected chi connectivity index (χ2v) is 4.99. The number of nitrogens with zero attached hydrogens (tertiary/aromatic N) is 2. The average molecular weight is 309 g/mol. The van der Waals surface area contributed by atoms with Gasteiger partial charge in [-0.3, -0.25) is 14.8 Å². The Kier molecular flexibility index (Phi) is 4.01. The standard InChI is InChI=1S/C16H15N5O2/c1-10-14(15(22)18-9-13-19-16(23)21-20-13)12(7-8-17-10)11-5-3-2-4-6-11/h2-8H,9H2,1H3,(H,18,22)(H2,19,20,21,23). The van der Waals surface area contributed by atoms with Crippen LogP contribution in [0.5, 0.6) is 0 Å². The third kappa shape index (κ3) is 3.18. The van der Waals surface area contributed by atoms with Crippen LogP contribution in [-0.4, -0.2) is 26.1 Å². The van der Waals surface area contributed by atoms with Gasteiger partial charge in [-0.1, -0.05) is 30.3 Å². The van der Waals surface area contributed by atoms with E-state index in [4.69, 9.17) is 0 Å². The van der Waals surface area contributed by atoms with Gasteiger partial charge in [-0.2, -0.15) is 5.10 Å². The van der Waals surface area contributed by atoms with Crippen molar-refractivity contribution in [2.45, 2.75) is 13.5 Å². The lowest BCUT2D eigenvalue weighted by Crippen LogP contribution is -2.25. The molecular weight excluding hydrogens is 294 g/mol. The summed E-state index contributed by atoms with van der Waals surface area (Å²) in [6.45, 7) is 1.91. The second kappa shape index (κ2) is 6.27. The zero-order chi connectivity index (χ0) is 16.2. The second-order valence-electron chi connectivity index (χ2n) is 4.99. The normalized spacial score (nSPS) is 10.5. The molecule has 0 saturated heterocycles. The van der Waals surface area contributed by atoms with Crippen molar-refractivity contribution in [3.8, 4) is 11.1 Å². The van der Waals surface area contributed by atoms with Crippen molar-refractivity contribution in [3.05, 3.63) is 70.2 Å². The first kappa shape index (κ1) is 14.7. The number of carbonyl (C=O) groups is 1. The quantitative estimate of drug-likeness (QED) is 0.677. The minimum atomic E-state index is -0.406. The zero-order valence-corrected chi connectivity index (χ0v) is 12.5. The predicted molar refractivity (Wildman–Crippen MR) is 84.8 cm³/mol. The van der Waals surface area contributed by atoms with Crippen LogP contribution in [0, 0.1) is 6.92 Å². The number of rotatable bonds is 4. The van der Waals surface area contributed by atoms with Crippen molar-refractivity contribution in [2.24, 2.45) is 0 Å². The fourth-order valence-corrected chi connectivity index (χ4v) is 2.35. The van der Waals surface area contributed by atoms with Crippen LogP contribution in [-0.2, 0) is 6.54 Å². The first-order valence-corrected chi connectivity index (χ1v) is 7.08. The lowest BCUT2D eigenvalue weighted by atomic mass is 9.99. The Morgan fingerprint density at radius 3 is 2.70 bits per heavy atom. The highest BCUT2D eigenvalue weighted by molar-refractivity contribution is 6.01. The Morgan fingerprint density at radius 1 is 1.22 bits per heavy atom. The Labute approximate surface area is 131 Å². The number of aromatic nitrogens is 4. The minimum absolute atomic E-state index is 0.125. The molecule has 0 fully saturated rings. The van der Waals surface area contributed by atoms with E-state index in [2.05, 4.69) is 25.5 Å². The molecule has 3 aromatic rings. The smallest absolute Gasteiger partial charge is 0.340 e. The van der Waals surface area contributed by atoms with E-state index in [1.807, 2.05) is 36.4 Å². The number of aryl methyl sites for hydroxylation is 1. The van der Waals surface area contributed by atoms with E-state index in [1.165, 1.54) is 0 Å². The molecule has 0 aliphatic carbocycles. The number of hydrogen-bond donors (Lipinski definition) is 3. The van der Waals surface area contributed by atoms with E-state index in [1.54, 1.807) is 13.1 Å². The Bertz CT molecular complexity index is 883. The van der Waals surface area contributed by atoms with E-state index < -0.39 is 5.69 Å². The highest BCUT2D eigenvalue weighted by Crippen LogP contribution is 2.24. The van der Waals surface area contributed by atoms with E-state index >= 15 is 0 Å². The molecule has 3 N–H and O–H groups in total. The van der Waals surface area contributed by atoms with Gasteiger partial charge in [-0.25, -0.2) is 9.89 Å². The molecule has 0 aliphatic heterocycles. The van der Waals surface area contributed by atoms with Crippen LogP contribution >= 0.6 is 0 Å². The molecular formula is C16H15N5O2. The number of carbonyl (C=O) groups excluding carboxylic acids is 1. The van der Waals surface area contributed by atoms with Gasteiger partial charge in [-0.15, -0.1) is 0 Å². The molecule has 23 heavy (non-hydrogen) atoms. The summed E-state index contributed by atoms with van der Waals surface area (Å²) in [6.07, 6.45) is 1.68. The highest BCUT2D eigenvalue weighted by Gasteiger charge is 2.16. The third-order valence-corrected chi connectivity index (χ3v) is 3.42. The van der Waals surface area contributed by atoms with Gasteiger partial charge in [0.15, 0.2) is 0 Å². The molecule has 2 heterocycles. The number of H-pyrrole nitrogens is 2. The van der Waals surface area contributed by atoms with Gasteiger partial charge in [0.1, 0.15) is 5.82 Å². The van der Waals surface area contributed by atoms with Crippen LogP contribution in [0.25, 0.3) is 11.1 Å². The Balaban J connectivity index is 1.89. The number of aromatic amines is 2. The van der Waals surface area contributed by atoms with Crippen LogP contribution in [0.2, 0.25) is 0 Å². The maximum Gasteiger partial charge on any atom is 0.340 e. The summed E-state index contributed by atoms with van der Waals surface area (Å²) in [5.41, 5.74) is 2.50. The summed E-state index contributed by atoms with van der Waals surface area (Å²) in [5.74, 6) is 0.101. The van der Waals surface area contributed by atoms with Crippen molar-refractivity contribution in [1.82, 2.24) is 25.5 Å². The van der Waals surface area contributed by atoms with Crippen LogP contribution in [0.15, 0.2) is 47.4 Å². The zero-order valence-electron chi connectivity index (χ0n) is 12.5. The van der Waals surface area contributed by atoms with Gasteiger partial charge in [0.25, 0.3) is 5.91 Å². The summed E-state index contributed by atoms with van der Waals surface area (Å²) in [5, 5.41) is 8.76. The summed E-state index contributed by atoms with van der Waals surface area (Å²) in [4.78, 5) is 30.3. The molecule has 116 valence electrons. The van der Waals surface area contributed by atoms with Crippen LogP contribution in [0.3, 0.4) is 0 Å². The number of nitrogens with one attached hydrogen (secondary N) is 3. The largest absolute Gasteiger partial charge is 0.345 e. The molecule has 7 heteroatoms. The summed E-state index contributed by atoms with van der Waals surface area (Å²) >= 11 is 0. The van der Waals surface area contributed by atoms with Crippen molar-refractivity contribution in [3.63, 3.8) is 0 Å². The van der Waals surface area contributed by atoms with E-state index in [9.17, 15) is 9.59 Å². The highest BCUT2D eigenvalue weighted by atomic mass is 16.2. The summed E-state index contributed by atoms with van der Waals surface area (Å²) in [6, 6.07) is 11.5. The summed E-state index contributed by atoms with van der Waals surface area (Å²) in [7, 11) is 0. The Morgan fingerprint density at radius 2 is 2.00 bits per heavy atom. The van der Waals surface area contributed by atoms with Crippen molar-refractivity contribution in [2.75, 3.05) is 0 Å². The van der Waals surface area contributed by atoms with Crippen LogP contribution in [0.4, 0.5) is 0 Å². The lowest BCUT2D eigenvalue weighted by molar-refractivity contribution is 0.0949. The minimum Gasteiger partial charge on any atom is -0.345 e. The maximum atomic E-state index is 12.6. The van der Waals surface area contributed by atoms with Gasteiger partial charge in [-0.05, 0) is 24.1 Å². The molecule has 1 amide bonds. The predicted octanol–water partition coefficient (Wildman–Crippen LogP) is 1.40. The maximum absolute atomic E-state index is 12.6. The van der Waals surface area contributed by atoms with Crippen LogP contribution in [0.1, 0.15) is 21.9 Å². The fourth-order valence-electron chi connectivity index (χ4n) is 2.35. The van der Waals surface area contributed by atoms with E-state index in [0.29, 0.717) is 17.1 Å². The first-order chi connectivity index (χ1) is 11.1. The SMILES string of the molecule is Cc1nccc(-c2ccccc2)c1C(=O)NCc1n[nH]c(=O)[nH]1. The monoisotopic (exact) mass is 309 g/mol. The molecule has 0 unspecified atom stereocenters. The van der Waals surface area contributed by atoms with Gasteiger partial charge in [0.05, 0.1) is 17.8 Å². The molecule has 0 saturated carbocycles. The summed E-state index contributed by atoms with van der Waals surface area (Å²) < 4.78 is 0. The van der Waals surface area contributed by atoms with Gasteiger partial charge < -0.3 is 5.32 Å². The van der Waals surface area contributed by atoms with Crippen molar-refractivity contribution < 1.29 is 4.79 Å². The average Bonchev–Trinajstić information content (AvgIpc) is 2.99. The molecule has 0 radical (unpaired) electrons.